The van der Waals surface area contributed by atoms with Gasteiger partial charge in [-0.25, -0.2) is 4.79 Å². The van der Waals surface area contributed by atoms with Crippen LogP contribution in [0.3, 0.4) is 0 Å². The molecule has 2 heterocycles. The third-order valence-electron chi connectivity index (χ3n) is 2.69. The van der Waals surface area contributed by atoms with Gasteiger partial charge in [-0.05, 0) is 26.3 Å². The molecule has 1 radical (unpaired) electrons. The molecule has 0 aliphatic carbocycles. The van der Waals surface area contributed by atoms with Gasteiger partial charge in [0.2, 0.25) is 0 Å². The van der Waals surface area contributed by atoms with Crippen molar-refractivity contribution in [1.82, 2.24) is 9.88 Å². The van der Waals surface area contributed by atoms with Crippen LogP contribution in [0, 0.1) is 0 Å². The normalized spacial score (nSPS) is 11.9. The van der Waals surface area contributed by atoms with Gasteiger partial charge in [0.25, 0.3) is 0 Å². The number of fused-ring (bicyclic) bond motifs is 1. The average Bonchev–Trinajstić information content (AvgIpc) is 2.49. The molecular formula is C17H30N3O2RbRe. The average molecular weight is 580 g/mol. The van der Waals surface area contributed by atoms with E-state index < -0.39 is 5.60 Å². The van der Waals surface area contributed by atoms with Crippen LogP contribution in [-0.4, -0.2) is 28.1 Å². The first kappa shape index (κ1) is 29.5. The van der Waals surface area contributed by atoms with Gasteiger partial charge in [-0.1, -0.05) is 33.8 Å². The van der Waals surface area contributed by atoms with E-state index >= 15 is 0 Å². The van der Waals surface area contributed by atoms with Crippen molar-refractivity contribution in [3.8, 4) is 0 Å². The fourth-order valence-electron chi connectivity index (χ4n) is 1.91. The first-order valence-electron chi connectivity index (χ1n) is 8.02. The number of aromatic nitrogens is 1. The molecule has 0 saturated carbocycles. The second-order valence-electron chi connectivity index (χ2n) is 5.48. The second-order valence-corrected chi connectivity index (χ2v) is 5.48. The summed E-state index contributed by atoms with van der Waals surface area (Å²) in [5.74, 6) is 0. The number of rotatable bonds is 0. The third kappa shape index (κ3) is 10.6. The molecule has 0 spiro atoms. The van der Waals surface area contributed by atoms with Crippen molar-refractivity contribution in [2.24, 2.45) is 0 Å². The molecule has 1 N–H and O–H groups in total. The minimum Gasteiger partial charge on any atom is -0.697 e. The molecule has 1 aliphatic heterocycles. The third-order valence-corrected chi connectivity index (χ3v) is 2.69. The summed E-state index contributed by atoms with van der Waals surface area (Å²) in [6.45, 7) is 14.7. The maximum Gasteiger partial charge on any atom is 1.00 e. The maximum atomic E-state index is 11.9. The zero-order valence-electron chi connectivity index (χ0n) is 16.4. The van der Waals surface area contributed by atoms with Gasteiger partial charge in [0.15, 0.2) is 0 Å². The van der Waals surface area contributed by atoms with Gasteiger partial charge in [-0.15, -0.1) is 5.69 Å². The SMILES string of the molecule is CC.CC.CC(C)(C)OC(=O)N1CCc2ncc([NH-])cc2C1.[Rb+].[Re]. The van der Waals surface area contributed by atoms with Crippen LogP contribution in [0.25, 0.3) is 5.73 Å². The van der Waals surface area contributed by atoms with Crippen molar-refractivity contribution in [1.29, 1.82) is 0 Å². The van der Waals surface area contributed by atoms with Crippen molar-refractivity contribution < 1.29 is 88.1 Å². The van der Waals surface area contributed by atoms with Gasteiger partial charge in [0.1, 0.15) is 5.60 Å². The van der Waals surface area contributed by atoms with E-state index in [4.69, 9.17) is 10.5 Å². The molecule has 0 atom stereocenters. The van der Waals surface area contributed by atoms with Gasteiger partial charge in [-0.2, -0.15) is 0 Å². The molecule has 1 amide bonds. The molecule has 5 nitrogen and oxygen atoms in total. The van der Waals surface area contributed by atoms with E-state index in [0.29, 0.717) is 18.8 Å². The first-order chi connectivity index (χ1) is 10.3. The molecule has 1 aromatic rings. The van der Waals surface area contributed by atoms with Crippen LogP contribution in [0.4, 0.5) is 10.5 Å². The Balaban J connectivity index is -0.000000684. The summed E-state index contributed by atoms with van der Waals surface area (Å²) >= 11 is 0. The minimum absolute atomic E-state index is 0. The zero-order valence-corrected chi connectivity index (χ0v) is 24.0. The summed E-state index contributed by atoms with van der Waals surface area (Å²) in [6, 6.07) is 1.76. The van der Waals surface area contributed by atoms with Crippen LogP contribution in [0.5, 0.6) is 0 Å². The largest absolute Gasteiger partial charge is 1.00 e. The molecule has 0 saturated heterocycles. The van der Waals surface area contributed by atoms with Gasteiger partial charge in [0, 0.05) is 45.3 Å². The van der Waals surface area contributed by atoms with Crippen LogP contribution >= 0.6 is 0 Å². The molecule has 1 aliphatic rings. The van der Waals surface area contributed by atoms with E-state index in [1.807, 2.05) is 48.5 Å². The molecular weight excluding hydrogens is 550 g/mol. The number of pyridine rings is 1. The van der Waals surface area contributed by atoms with Crippen LogP contribution in [0.2, 0.25) is 0 Å². The Morgan fingerprint density at radius 1 is 1.25 bits per heavy atom. The molecule has 24 heavy (non-hydrogen) atoms. The molecule has 0 aromatic carbocycles. The number of nitrogens with one attached hydrogen (secondary N) is 1. The van der Waals surface area contributed by atoms with Crippen molar-refractivity contribution in [2.75, 3.05) is 6.54 Å². The Labute approximate surface area is 209 Å². The zero-order chi connectivity index (χ0) is 17.3. The maximum absolute atomic E-state index is 11.9. The van der Waals surface area contributed by atoms with E-state index in [0.717, 1.165) is 17.7 Å². The first-order valence-corrected chi connectivity index (χ1v) is 8.02. The Morgan fingerprint density at radius 3 is 2.29 bits per heavy atom. The molecule has 2 rings (SSSR count). The van der Waals surface area contributed by atoms with Crippen LogP contribution in [0.15, 0.2) is 12.3 Å². The molecule has 0 fully saturated rings. The minimum atomic E-state index is -0.479. The topological polar surface area (TPSA) is 66.2 Å². The van der Waals surface area contributed by atoms with Crippen LogP contribution < -0.4 is 58.2 Å². The van der Waals surface area contributed by atoms with E-state index in [9.17, 15) is 4.79 Å². The number of ether oxygens (including phenoxy) is 1. The summed E-state index contributed by atoms with van der Waals surface area (Å²) in [4.78, 5) is 17.8. The number of hydrogen-bond acceptors (Lipinski definition) is 3. The number of carbonyl (C=O) groups excluding carboxylic acids is 1. The number of carbonyl (C=O) groups is 1. The Bertz CT molecular complexity index is 479. The van der Waals surface area contributed by atoms with Gasteiger partial charge >= 0.3 is 64.3 Å². The second kappa shape index (κ2) is 14.8. The van der Waals surface area contributed by atoms with Gasteiger partial charge in [-0.3, -0.25) is 4.98 Å². The molecule has 7 heteroatoms. The monoisotopic (exact) mass is 580 g/mol. The van der Waals surface area contributed by atoms with Crippen molar-refractivity contribution in [2.45, 2.75) is 67.0 Å². The molecule has 0 unspecified atom stereocenters. The quantitative estimate of drug-likeness (QED) is 0.473. The summed E-state index contributed by atoms with van der Waals surface area (Å²) < 4.78 is 5.34. The predicted molar refractivity (Wildman–Crippen MR) is 91.3 cm³/mol. The summed E-state index contributed by atoms with van der Waals surface area (Å²) in [5.41, 5.74) is 9.37. The Kier molecular flexibility index (Phi) is 18.2. The molecule has 1 aromatic heterocycles. The smallest absolute Gasteiger partial charge is 0.697 e. The van der Waals surface area contributed by atoms with Crippen molar-refractivity contribution >= 4 is 11.8 Å². The van der Waals surface area contributed by atoms with Crippen molar-refractivity contribution in [3.05, 3.63) is 29.3 Å². The van der Waals surface area contributed by atoms with E-state index in [2.05, 4.69) is 4.98 Å². The number of nitrogens with zero attached hydrogens (tertiary/aromatic N) is 2. The number of amides is 1. The van der Waals surface area contributed by atoms with E-state index in [1.54, 1.807) is 17.2 Å². The Morgan fingerprint density at radius 2 is 1.79 bits per heavy atom. The summed E-state index contributed by atoms with van der Waals surface area (Å²) in [7, 11) is 0. The van der Waals surface area contributed by atoms with E-state index in [1.165, 1.54) is 0 Å². The number of hydrogen-bond donors (Lipinski definition) is 0. The fourth-order valence-corrected chi connectivity index (χ4v) is 1.91. The van der Waals surface area contributed by atoms with Gasteiger partial charge in [0.05, 0.1) is 6.54 Å². The summed E-state index contributed by atoms with van der Waals surface area (Å²) in [6.07, 6.45) is 1.96. The molecule has 133 valence electrons. The van der Waals surface area contributed by atoms with Crippen molar-refractivity contribution in [3.63, 3.8) is 0 Å². The van der Waals surface area contributed by atoms with Gasteiger partial charge < -0.3 is 15.4 Å². The van der Waals surface area contributed by atoms with Crippen LogP contribution in [-0.2, 0) is 38.1 Å². The van der Waals surface area contributed by atoms with E-state index in [-0.39, 0.29) is 84.7 Å². The summed E-state index contributed by atoms with van der Waals surface area (Å²) in [5, 5.41) is 0. The standard InChI is InChI=1S/C13H18N3O2.2C2H6.Rb.Re/c1-13(2,3)18-12(17)16-5-4-11-9(8-16)6-10(14)7-15-11;2*1-2;;/h6-7,14H,4-5,8H2,1-3H3;2*1-2H3;;/q-1;;;+1;. The van der Waals surface area contributed by atoms with Crippen LogP contribution in [0.1, 0.15) is 59.7 Å². The Hall–Kier alpha value is 0.688. The predicted octanol–water partition coefficient (Wildman–Crippen LogP) is 2.11. The molecule has 0 bridgehead atoms. The fraction of sp³-hybridized carbons (Fsp3) is 0.647.